The highest BCUT2D eigenvalue weighted by Crippen LogP contribution is 2.23. The molecule has 0 saturated heterocycles. The van der Waals surface area contributed by atoms with E-state index in [0.29, 0.717) is 11.1 Å². The average Bonchev–Trinajstić information content (AvgIpc) is 2.35. The van der Waals surface area contributed by atoms with Gasteiger partial charge in [0.2, 0.25) is 0 Å². The van der Waals surface area contributed by atoms with E-state index in [0.717, 1.165) is 15.6 Å². The van der Waals surface area contributed by atoms with Crippen LogP contribution in [-0.4, -0.2) is 10.8 Å². The third-order valence-corrected chi connectivity index (χ3v) is 3.87. The minimum Gasteiger partial charge on any atom is -0.289 e. The average molecular weight is 290 g/mol. The smallest absolute Gasteiger partial charge is 0.194 e. The second kappa shape index (κ2) is 4.80. The van der Waals surface area contributed by atoms with E-state index in [9.17, 15) is 4.79 Å². The lowest BCUT2D eigenvalue weighted by Gasteiger charge is -2.07. The number of rotatable bonds is 2. The number of ketones is 1. The highest BCUT2D eigenvalue weighted by atomic mass is 79.9. The molecule has 0 bridgehead atoms. The molecule has 3 heteroatoms. The number of carbonyl (C=O) groups is 1. The van der Waals surface area contributed by atoms with Gasteiger partial charge in [0.15, 0.2) is 5.78 Å². The Morgan fingerprint density at radius 1 is 1.18 bits per heavy atom. The Bertz CT molecular complexity index is 541. The molecule has 0 aliphatic carbocycles. The minimum atomic E-state index is 0.0109. The van der Waals surface area contributed by atoms with Crippen LogP contribution in [0.2, 0.25) is 0 Å². The normalized spacial score (nSPS) is 10.3. The largest absolute Gasteiger partial charge is 0.289 e. The zero-order chi connectivity index (χ0) is 12.4. The van der Waals surface area contributed by atoms with Gasteiger partial charge in [-0.25, -0.2) is 0 Å². The van der Waals surface area contributed by atoms with E-state index < -0.39 is 0 Å². The second-order valence-corrected chi connectivity index (χ2v) is 4.79. The number of aromatic nitrogens is 1. The van der Waals surface area contributed by atoms with Crippen LogP contribution in [0.3, 0.4) is 0 Å². The lowest BCUT2D eigenvalue weighted by Crippen LogP contribution is -2.03. The maximum absolute atomic E-state index is 12.2. The molecule has 2 nitrogen and oxygen atoms in total. The first kappa shape index (κ1) is 12.0. The molecule has 2 aromatic rings. The fourth-order valence-corrected chi connectivity index (χ4v) is 1.97. The van der Waals surface area contributed by atoms with Crippen molar-refractivity contribution in [2.45, 2.75) is 13.8 Å². The SMILES string of the molecule is Cc1cc(C(=O)c2cccnc2)cc(C)c1Br. The summed E-state index contributed by atoms with van der Waals surface area (Å²) in [6, 6.07) is 7.34. The lowest BCUT2D eigenvalue weighted by atomic mass is 10.0. The first-order valence-electron chi connectivity index (χ1n) is 5.31. The van der Waals surface area contributed by atoms with Gasteiger partial charge in [-0.15, -0.1) is 0 Å². The summed E-state index contributed by atoms with van der Waals surface area (Å²) in [5.41, 5.74) is 3.46. The van der Waals surface area contributed by atoms with Crippen LogP contribution in [-0.2, 0) is 0 Å². The van der Waals surface area contributed by atoms with Crippen LogP contribution in [0, 0.1) is 13.8 Å². The summed E-state index contributed by atoms with van der Waals surface area (Å²) >= 11 is 3.49. The zero-order valence-corrected chi connectivity index (χ0v) is 11.3. The van der Waals surface area contributed by atoms with Crippen molar-refractivity contribution in [1.29, 1.82) is 0 Å². The van der Waals surface area contributed by atoms with Crippen LogP contribution in [0.15, 0.2) is 41.1 Å². The highest BCUT2D eigenvalue weighted by molar-refractivity contribution is 9.10. The summed E-state index contributed by atoms with van der Waals surface area (Å²) in [5, 5.41) is 0. The maximum atomic E-state index is 12.2. The molecule has 0 saturated carbocycles. The molecule has 2 rings (SSSR count). The Balaban J connectivity index is 2.45. The van der Waals surface area contributed by atoms with Crippen molar-refractivity contribution in [3.63, 3.8) is 0 Å². The van der Waals surface area contributed by atoms with Crippen molar-refractivity contribution in [2.75, 3.05) is 0 Å². The van der Waals surface area contributed by atoms with Crippen LogP contribution in [0.4, 0.5) is 0 Å². The number of pyridine rings is 1. The van der Waals surface area contributed by atoms with Crippen molar-refractivity contribution >= 4 is 21.7 Å². The predicted molar refractivity (Wildman–Crippen MR) is 71.3 cm³/mol. The number of benzene rings is 1. The van der Waals surface area contributed by atoms with Gasteiger partial charge in [0.25, 0.3) is 0 Å². The first-order valence-corrected chi connectivity index (χ1v) is 6.10. The van der Waals surface area contributed by atoms with Gasteiger partial charge in [-0.3, -0.25) is 9.78 Å². The van der Waals surface area contributed by atoms with Gasteiger partial charge in [-0.2, -0.15) is 0 Å². The first-order chi connectivity index (χ1) is 8.09. The molecule has 1 heterocycles. The molecule has 0 aliphatic heterocycles. The number of carbonyl (C=O) groups excluding carboxylic acids is 1. The van der Waals surface area contributed by atoms with Crippen LogP contribution in [0.5, 0.6) is 0 Å². The molecule has 0 amide bonds. The molecule has 1 aromatic heterocycles. The molecule has 17 heavy (non-hydrogen) atoms. The summed E-state index contributed by atoms with van der Waals surface area (Å²) in [4.78, 5) is 16.2. The van der Waals surface area contributed by atoms with Crippen LogP contribution in [0.25, 0.3) is 0 Å². The van der Waals surface area contributed by atoms with Gasteiger partial charge >= 0.3 is 0 Å². The van der Waals surface area contributed by atoms with Gasteiger partial charge in [-0.05, 0) is 49.2 Å². The van der Waals surface area contributed by atoms with Gasteiger partial charge in [0, 0.05) is 28.0 Å². The molecule has 0 atom stereocenters. The fourth-order valence-electron chi connectivity index (χ4n) is 1.74. The van der Waals surface area contributed by atoms with E-state index in [1.165, 1.54) is 0 Å². The molecule has 0 fully saturated rings. The Kier molecular flexibility index (Phi) is 3.38. The molecule has 0 radical (unpaired) electrons. The van der Waals surface area contributed by atoms with E-state index in [4.69, 9.17) is 0 Å². The summed E-state index contributed by atoms with van der Waals surface area (Å²) in [5.74, 6) is 0.0109. The quantitative estimate of drug-likeness (QED) is 0.789. The molecule has 1 aromatic carbocycles. The number of aryl methyl sites for hydroxylation is 2. The number of nitrogens with zero attached hydrogens (tertiary/aromatic N) is 1. The van der Waals surface area contributed by atoms with Gasteiger partial charge < -0.3 is 0 Å². The minimum absolute atomic E-state index is 0.0109. The standard InChI is InChI=1S/C14H12BrNO/c1-9-6-12(7-10(2)13(9)15)14(17)11-4-3-5-16-8-11/h3-8H,1-2H3. The molecule has 0 unspecified atom stereocenters. The highest BCUT2D eigenvalue weighted by Gasteiger charge is 2.11. The number of hydrogen-bond donors (Lipinski definition) is 0. The fraction of sp³-hybridized carbons (Fsp3) is 0.143. The Morgan fingerprint density at radius 3 is 2.35 bits per heavy atom. The third kappa shape index (κ3) is 2.44. The van der Waals surface area contributed by atoms with Crippen molar-refractivity contribution < 1.29 is 4.79 Å². The van der Waals surface area contributed by atoms with E-state index in [1.54, 1.807) is 24.5 Å². The molecule has 86 valence electrons. The van der Waals surface area contributed by atoms with Crippen molar-refractivity contribution in [3.05, 3.63) is 63.4 Å². The summed E-state index contributed by atoms with van der Waals surface area (Å²) in [7, 11) is 0. The molecular formula is C14H12BrNO. The monoisotopic (exact) mass is 289 g/mol. The van der Waals surface area contributed by atoms with Gasteiger partial charge in [0.05, 0.1) is 0 Å². The molecule has 0 N–H and O–H groups in total. The van der Waals surface area contributed by atoms with Gasteiger partial charge in [0.1, 0.15) is 0 Å². The number of hydrogen-bond acceptors (Lipinski definition) is 2. The molecule has 0 aliphatic rings. The zero-order valence-electron chi connectivity index (χ0n) is 9.70. The maximum Gasteiger partial charge on any atom is 0.194 e. The topological polar surface area (TPSA) is 30.0 Å². The van der Waals surface area contributed by atoms with Crippen molar-refractivity contribution in [2.24, 2.45) is 0 Å². The van der Waals surface area contributed by atoms with Crippen molar-refractivity contribution in [3.8, 4) is 0 Å². The summed E-state index contributed by atoms with van der Waals surface area (Å²) < 4.78 is 1.06. The van der Waals surface area contributed by atoms with E-state index in [1.807, 2.05) is 26.0 Å². The van der Waals surface area contributed by atoms with Crippen LogP contribution >= 0.6 is 15.9 Å². The Labute approximate surface area is 109 Å². The Morgan fingerprint density at radius 2 is 1.82 bits per heavy atom. The predicted octanol–water partition coefficient (Wildman–Crippen LogP) is 3.69. The van der Waals surface area contributed by atoms with Gasteiger partial charge in [-0.1, -0.05) is 15.9 Å². The second-order valence-electron chi connectivity index (χ2n) is 3.99. The summed E-state index contributed by atoms with van der Waals surface area (Å²) in [6.45, 7) is 3.97. The summed E-state index contributed by atoms with van der Waals surface area (Å²) in [6.07, 6.45) is 3.25. The Hall–Kier alpha value is -1.48. The van der Waals surface area contributed by atoms with Crippen LogP contribution in [0.1, 0.15) is 27.0 Å². The third-order valence-electron chi connectivity index (χ3n) is 2.62. The van der Waals surface area contributed by atoms with Crippen molar-refractivity contribution in [1.82, 2.24) is 4.98 Å². The number of halogens is 1. The lowest BCUT2D eigenvalue weighted by molar-refractivity contribution is 0.103. The van der Waals surface area contributed by atoms with E-state index in [-0.39, 0.29) is 5.78 Å². The van der Waals surface area contributed by atoms with E-state index in [2.05, 4.69) is 20.9 Å². The van der Waals surface area contributed by atoms with Crippen LogP contribution < -0.4 is 0 Å². The van der Waals surface area contributed by atoms with E-state index >= 15 is 0 Å². The molecule has 0 spiro atoms. The molecular weight excluding hydrogens is 278 g/mol.